The van der Waals surface area contributed by atoms with Gasteiger partial charge in [0.2, 0.25) is 0 Å². The summed E-state index contributed by atoms with van der Waals surface area (Å²) in [4.78, 5) is 0. The molecule has 21 heavy (non-hydrogen) atoms. The minimum atomic E-state index is 0. The number of para-hydroxylation sites is 1. The Morgan fingerprint density at radius 2 is 1.48 bits per heavy atom. The first-order valence-corrected chi connectivity index (χ1v) is 8.13. The van der Waals surface area contributed by atoms with Crippen LogP contribution in [0.25, 0.3) is 0 Å². The van der Waals surface area contributed by atoms with Crippen LogP contribution in [0.5, 0.6) is 5.75 Å². The van der Waals surface area contributed by atoms with Crippen molar-refractivity contribution in [3.63, 3.8) is 0 Å². The average Bonchev–Trinajstić information content (AvgIpc) is 2.38. The Labute approximate surface area is 155 Å². The molecule has 1 saturated heterocycles. The van der Waals surface area contributed by atoms with E-state index in [4.69, 9.17) is 4.74 Å². The zero-order valence-corrected chi connectivity index (χ0v) is 16.9. The molecule has 115 valence electrons. The van der Waals surface area contributed by atoms with E-state index in [1.807, 2.05) is 0 Å². The minimum Gasteiger partial charge on any atom is -0.487 e. The molecule has 1 aromatic rings. The number of benzene rings is 1. The Kier molecular flexibility index (Phi) is 8.45. The van der Waals surface area contributed by atoms with E-state index in [0.717, 1.165) is 18.9 Å². The number of quaternary nitrogens is 1. The Hall–Kier alpha value is 0.0839. The molecule has 0 aromatic heterocycles. The fourth-order valence-corrected chi connectivity index (χ4v) is 3.25. The van der Waals surface area contributed by atoms with Crippen molar-refractivity contribution in [2.75, 3.05) is 33.3 Å². The predicted octanol–water partition coefficient (Wildman–Crippen LogP) is 4.09. The van der Waals surface area contributed by atoms with Crippen molar-refractivity contribution in [1.29, 1.82) is 0 Å². The van der Waals surface area contributed by atoms with Gasteiger partial charge in [-0.05, 0) is 50.7 Å². The summed E-state index contributed by atoms with van der Waals surface area (Å²) in [6, 6.07) is 6.37. The van der Waals surface area contributed by atoms with E-state index in [0.29, 0.717) is 0 Å². The summed E-state index contributed by atoms with van der Waals surface area (Å²) in [5.41, 5.74) is 2.50. The standard InChI is InChI=1S/C18H30NO.Y/c1-16-10-9-11-17(2)18(16)20-15-14-19(3)12-7-5-4-6-8-13-19;/h9-11H,4-8,12-15H2,1-3H3;/q+1;. The molecule has 0 unspecified atom stereocenters. The SMILES string of the molecule is Cc1cccc(C)c1OCC[N+]1(C)CCCCCCC1.[Y]. The summed E-state index contributed by atoms with van der Waals surface area (Å²) >= 11 is 0. The fraction of sp³-hybridized carbons (Fsp3) is 0.667. The van der Waals surface area contributed by atoms with Gasteiger partial charge in [0.15, 0.2) is 0 Å². The van der Waals surface area contributed by atoms with Crippen molar-refractivity contribution in [2.24, 2.45) is 0 Å². The maximum atomic E-state index is 6.09. The van der Waals surface area contributed by atoms with Crippen LogP contribution in [0.2, 0.25) is 0 Å². The van der Waals surface area contributed by atoms with Crippen LogP contribution in [0.1, 0.15) is 43.2 Å². The number of nitrogens with zero attached hydrogens (tertiary/aromatic N) is 1. The van der Waals surface area contributed by atoms with E-state index >= 15 is 0 Å². The van der Waals surface area contributed by atoms with Crippen molar-refractivity contribution >= 4 is 0 Å². The number of rotatable bonds is 4. The molecule has 0 bridgehead atoms. The van der Waals surface area contributed by atoms with E-state index < -0.39 is 0 Å². The molecular weight excluding hydrogens is 335 g/mol. The zero-order valence-electron chi connectivity index (χ0n) is 14.0. The van der Waals surface area contributed by atoms with Crippen LogP contribution in [0, 0.1) is 13.8 Å². The van der Waals surface area contributed by atoms with Crippen LogP contribution in [-0.4, -0.2) is 37.8 Å². The van der Waals surface area contributed by atoms with Crippen molar-refractivity contribution in [3.8, 4) is 5.75 Å². The van der Waals surface area contributed by atoms with Gasteiger partial charge in [0.05, 0.1) is 20.1 Å². The molecule has 1 heterocycles. The van der Waals surface area contributed by atoms with Gasteiger partial charge in [-0.3, -0.25) is 0 Å². The van der Waals surface area contributed by atoms with Gasteiger partial charge in [-0.15, -0.1) is 0 Å². The van der Waals surface area contributed by atoms with Crippen molar-refractivity contribution in [1.82, 2.24) is 0 Å². The smallest absolute Gasteiger partial charge is 0.137 e. The number of likely N-dealkylation sites (N-methyl/N-ethyl adjacent to an activating group) is 1. The number of ether oxygens (including phenoxy) is 1. The Morgan fingerprint density at radius 1 is 0.952 bits per heavy atom. The molecule has 0 spiro atoms. The molecule has 1 aliphatic rings. The van der Waals surface area contributed by atoms with Gasteiger partial charge >= 0.3 is 0 Å². The van der Waals surface area contributed by atoms with Crippen molar-refractivity contribution in [2.45, 2.75) is 46.0 Å². The average molecular weight is 365 g/mol. The van der Waals surface area contributed by atoms with Gasteiger partial charge in [0.25, 0.3) is 0 Å². The summed E-state index contributed by atoms with van der Waals surface area (Å²) in [5.74, 6) is 1.09. The molecule has 0 atom stereocenters. The second kappa shape index (κ2) is 9.27. The second-order valence-corrected chi connectivity index (χ2v) is 6.63. The molecule has 2 rings (SSSR count). The van der Waals surface area contributed by atoms with E-state index in [9.17, 15) is 0 Å². The van der Waals surface area contributed by atoms with Crippen molar-refractivity contribution < 1.29 is 41.9 Å². The van der Waals surface area contributed by atoms with Crippen LogP contribution < -0.4 is 4.74 Å². The largest absolute Gasteiger partial charge is 0.487 e. The van der Waals surface area contributed by atoms with Crippen LogP contribution in [0.3, 0.4) is 0 Å². The molecule has 1 aromatic carbocycles. The molecule has 1 radical (unpaired) electrons. The molecule has 1 aliphatic heterocycles. The minimum absolute atomic E-state index is 0. The molecule has 0 N–H and O–H groups in total. The monoisotopic (exact) mass is 365 g/mol. The van der Waals surface area contributed by atoms with Crippen LogP contribution in [-0.2, 0) is 32.7 Å². The molecule has 1 fully saturated rings. The first-order chi connectivity index (χ1) is 9.61. The number of likely N-dealkylation sites (tertiary alicyclic amines) is 1. The molecule has 2 nitrogen and oxygen atoms in total. The van der Waals surface area contributed by atoms with Gasteiger partial charge in [0.1, 0.15) is 18.9 Å². The second-order valence-electron chi connectivity index (χ2n) is 6.63. The summed E-state index contributed by atoms with van der Waals surface area (Å²) in [6.07, 6.45) is 7.00. The first-order valence-electron chi connectivity index (χ1n) is 8.13. The van der Waals surface area contributed by atoms with E-state index in [-0.39, 0.29) is 32.7 Å². The number of aryl methyl sites for hydroxylation is 2. The van der Waals surface area contributed by atoms with E-state index in [2.05, 4.69) is 39.1 Å². The van der Waals surface area contributed by atoms with E-state index in [1.165, 1.54) is 60.8 Å². The summed E-state index contributed by atoms with van der Waals surface area (Å²) < 4.78 is 7.28. The zero-order chi connectivity index (χ0) is 14.4. The maximum Gasteiger partial charge on any atom is 0.137 e. The van der Waals surface area contributed by atoms with Gasteiger partial charge in [-0.25, -0.2) is 0 Å². The Balaban J connectivity index is 0.00000220. The van der Waals surface area contributed by atoms with Gasteiger partial charge < -0.3 is 9.22 Å². The predicted molar refractivity (Wildman–Crippen MR) is 85.3 cm³/mol. The quantitative estimate of drug-likeness (QED) is 0.731. The van der Waals surface area contributed by atoms with Gasteiger partial charge in [-0.2, -0.15) is 0 Å². The molecule has 0 aliphatic carbocycles. The normalized spacial score (nSPS) is 18.2. The van der Waals surface area contributed by atoms with E-state index in [1.54, 1.807) is 0 Å². The molecule has 0 amide bonds. The van der Waals surface area contributed by atoms with Crippen LogP contribution in [0.15, 0.2) is 18.2 Å². The summed E-state index contributed by atoms with van der Waals surface area (Å²) in [7, 11) is 2.40. The first kappa shape index (κ1) is 19.1. The molecule has 0 saturated carbocycles. The maximum absolute atomic E-state index is 6.09. The molecular formula is C18H30NOY+. The van der Waals surface area contributed by atoms with Crippen LogP contribution >= 0.6 is 0 Å². The molecule has 3 heteroatoms. The van der Waals surface area contributed by atoms with Crippen molar-refractivity contribution in [3.05, 3.63) is 29.3 Å². The third kappa shape index (κ3) is 6.00. The van der Waals surface area contributed by atoms with Crippen LogP contribution in [0.4, 0.5) is 0 Å². The summed E-state index contributed by atoms with van der Waals surface area (Å²) in [6.45, 7) is 8.87. The summed E-state index contributed by atoms with van der Waals surface area (Å²) in [5, 5.41) is 0. The fourth-order valence-electron chi connectivity index (χ4n) is 3.25. The van der Waals surface area contributed by atoms with Gasteiger partial charge in [-0.1, -0.05) is 24.6 Å². The van der Waals surface area contributed by atoms with Gasteiger partial charge in [0, 0.05) is 32.7 Å². The third-order valence-electron chi connectivity index (χ3n) is 4.68. The Morgan fingerprint density at radius 3 is 2.05 bits per heavy atom. The third-order valence-corrected chi connectivity index (χ3v) is 4.68. The number of hydrogen-bond donors (Lipinski definition) is 0. The number of hydrogen-bond acceptors (Lipinski definition) is 1. The topological polar surface area (TPSA) is 9.23 Å². The Bertz CT molecular complexity index is 405.